The number of nitrogens with zero attached hydrogens (tertiary/aromatic N) is 2. The summed E-state index contributed by atoms with van der Waals surface area (Å²) in [6.07, 6.45) is 1.46. The molecule has 4 aromatic rings. The van der Waals surface area contributed by atoms with E-state index in [-0.39, 0.29) is 21.4 Å². The van der Waals surface area contributed by atoms with E-state index in [9.17, 15) is 13.2 Å². The van der Waals surface area contributed by atoms with Crippen LogP contribution in [0.3, 0.4) is 0 Å². The molecule has 4 rings (SSSR count). The second-order valence-electron chi connectivity index (χ2n) is 8.78. The van der Waals surface area contributed by atoms with Crippen LogP contribution in [0.5, 0.6) is 11.5 Å². The number of amides is 1. The molecule has 0 bridgehead atoms. The van der Waals surface area contributed by atoms with E-state index >= 15 is 0 Å². The number of hydrazone groups is 1. The number of ether oxygens (including phenoxy) is 2. The van der Waals surface area contributed by atoms with Gasteiger partial charge in [0.15, 0.2) is 0 Å². The molecular formula is C30H28ClN3O5S. The van der Waals surface area contributed by atoms with Gasteiger partial charge in [0.05, 0.1) is 23.9 Å². The van der Waals surface area contributed by atoms with E-state index in [1.807, 2.05) is 37.3 Å². The van der Waals surface area contributed by atoms with Crippen molar-refractivity contribution in [1.29, 1.82) is 0 Å². The average Bonchev–Trinajstić information content (AvgIpc) is 2.96. The summed E-state index contributed by atoms with van der Waals surface area (Å²) in [6, 6.07) is 27.9. The van der Waals surface area contributed by atoms with Crippen molar-refractivity contribution in [3.63, 3.8) is 0 Å². The Kier molecular flexibility index (Phi) is 9.42. The average molecular weight is 578 g/mol. The van der Waals surface area contributed by atoms with Gasteiger partial charge in [-0.3, -0.25) is 9.10 Å². The monoisotopic (exact) mass is 577 g/mol. The Hall–Kier alpha value is -4.34. The highest BCUT2D eigenvalue weighted by atomic mass is 35.5. The summed E-state index contributed by atoms with van der Waals surface area (Å²) in [5.74, 6) is 0.278. The lowest BCUT2D eigenvalue weighted by Gasteiger charge is -2.25. The Morgan fingerprint density at radius 2 is 1.68 bits per heavy atom. The molecule has 40 heavy (non-hydrogen) atoms. The summed E-state index contributed by atoms with van der Waals surface area (Å²) in [6.45, 7) is 1.74. The van der Waals surface area contributed by atoms with Gasteiger partial charge in [-0.05, 0) is 72.6 Å². The molecule has 0 saturated heterocycles. The number of halogens is 1. The van der Waals surface area contributed by atoms with Crippen LogP contribution in [-0.4, -0.2) is 34.2 Å². The zero-order valence-electron chi connectivity index (χ0n) is 22.0. The number of carbonyl (C=O) groups excluding carboxylic acids is 1. The molecule has 206 valence electrons. The molecule has 0 aliphatic heterocycles. The van der Waals surface area contributed by atoms with Gasteiger partial charge in [-0.1, -0.05) is 59.6 Å². The van der Waals surface area contributed by atoms with E-state index in [0.717, 1.165) is 15.4 Å². The summed E-state index contributed by atoms with van der Waals surface area (Å²) in [7, 11) is -2.75. The fourth-order valence-corrected chi connectivity index (χ4v) is 5.32. The largest absolute Gasteiger partial charge is 0.495 e. The maximum absolute atomic E-state index is 13.6. The van der Waals surface area contributed by atoms with Gasteiger partial charge in [0, 0.05) is 5.02 Å². The number of benzene rings is 4. The van der Waals surface area contributed by atoms with Crippen LogP contribution in [0.4, 0.5) is 5.69 Å². The van der Waals surface area contributed by atoms with Crippen LogP contribution >= 0.6 is 11.6 Å². The van der Waals surface area contributed by atoms with Crippen LogP contribution in [0.25, 0.3) is 0 Å². The standard InChI is InChI=1S/C30H28ClN3O5S/c1-22-8-15-27(16-9-22)40(36,37)34(28-18-25(31)12-17-29(28)38-2)20-30(35)33-32-19-23-10-13-26(14-11-23)39-21-24-6-4-3-5-7-24/h3-19H,20-21H2,1-2H3,(H,33,35)/b32-19-. The Labute approximate surface area is 238 Å². The van der Waals surface area contributed by atoms with Crippen molar-refractivity contribution in [3.8, 4) is 11.5 Å². The smallest absolute Gasteiger partial charge is 0.264 e. The molecule has 0 saturated carbocycles. The summed E-state index contributed by atoms with van der Waals surface area (Å²) < 4.78 is 39.4. The zero-order valence-corrected chi connectivity index (χ0v) is 23.5. The third kappa shape index (κ3) is 7.40. The predicted molar refractivity (Wildman–Crippen MR) is 157 cm³/mol. The Morgan fingerprint density at radius 1 is 0.975 bits per heavy atom. The first-order valence-corrected chi connectivity index (χ1v) is 14.1. The third-order valence-electron chi connectivity index (χ3n) is 5.84. The molecule has 0 aliphatic carbocycles. The number of nitrogens with one attached hydrogen (secondary N) is 1. The minimum absolute atomic E-state index is 0.0194. The molecular weight excluding hydrogens is 550 g/mol. The van der Waals surface area contributed by atoms with Crippen LogP contribution < -0.4 is 19.2 Å². The Morgan fingerprint density at radius 3 is 2.35 bits per heavy atom. The molecule has 0 aromatic heterocycles. The van der Waals surface area contributed by atoms with Gasteiger partial charge >= 0.3 is 0 Å². The van der Waals surface area contributed by atoms with Gasteiger partial charge in [-0.15, -0.1) is 0 Å². The van der Waals surface area contributed by atoms with Gasteiger partial charge < -0.3 is 9.47 Å². The van der Waals surface area contributed by atoms with Crippen molar-refractivity contribution in [1.82, 2.24) is 5.43 Å². The Balaban J connectivity index is 1.46. The van der Waals surface area contributed by atoms with Crippen molar-refractivity contribution < 1.29 is 22.7 Å². The maximum Gasteiger partial charge on any atom is 0.264 e. The van der Waals surface area contributed by atoms with E-state index in [1.54, 1.807) is 48.5 Å². The summed E-state index contributed by atoms with van der Waals surface area (Å²) in [4.78, 5) is 12.9. The second-order valence-corrected chi connectivity index (χ2v) is 11.1. The third-order valence-corrected chi connectivity index (χ3v) is 7.85. The van der Waals surface area contributed by atoms with Crippen LogP contribution in [0, 0.1) is 6.92 Å². The molecule has 0 radical (unpaired) electrons. The molecule has 0 aliphatic rings. The lowest BCUT2D eigenvalue weighted by Crippen LogP contribution is -2.39. The lowest BCUT2D eigenvalue weighted by atomic mass is 10.2. The fourth-order valence-electron chi connectivity index (χ4n) is 3.73. The first-order chi connectivity index (χ1) is 19.3. The van der Waals surface area contributed by atoms with E-state index in [0.29, 0.717) is 17.9 Å². The van der Waals surface area contributed by atoms with Gasteiger partial charge in [-0.2, -0.15) is 5.10 Å². The number of methoxy groups -OCH3 is 1. The maximum atomic E-state index is 13.6. The first kappa shape index (κ1) is 28.7. The minimum Gasteiger partial charge on any atom is -0.495 e. The predicted octanol–water partition coefficient (Wildman–Crippen LogP) is 5.58. The number of hydrogen-bond acceptors (Lipinski definition) is 6. The minimum atomic E-state index is -4.15. The van der Waals surface area contributed by atoms with Crippen molar-refractivity contribution in [2.24, 2.45) is 5.10 Å². The zero-order chi connectivity index (χ0) is 28.5. The molecule has 0 atom stereocenters. The summed E-state index contributed by atoms with van der Waals surface area (Å²) >= 11 is 6.17. The lowest BCUT2D eigenvalue weighted by molar-refractivity contribution is -0.119. The van der Waals surface area contributed by atoms with E-state index in [4.69, 9.17) is 21.1 Å². The molecule has 4 aromatic carbocycles. The molecule has 0 heterocycles. The van der Waals surface area contributed by atoms with Crippen LogP contribution in [0.2, 0.25) is 5.02 Å². The number of carbonyl (C=O) groups is 1. The number of anilines is 1. The molecule has 1 amide bonds. The van der Waals surface area contributed by atoms with Crippen molar-refractivity contribution in [2.45, 2.75) is 18.4 Å². The van der Waals surface area contributed by atoms with Gasteiger partial charge in [0.25, 0.3) is 15.9 Å². The highest BCUT2D eigenvalue weighted by Gasteiger charge is 2.29. The summed E-state index contributed by atoms with van der Waals surface area (Å²) in [5, 5.41) is 4.28. The first-order valence-electron chi connectivity index (χ1n) is 12.3. The van der Waals surface area contributed by atoms with E-state index < -0.39 is 22.5 Å². The quantitative estimate of drug-likeness (QED) is 0.185. The van der Waals surface area contributed by atoms with Gasteiger partial charge in [-0.25, -0.2) is 13.8 Å². The van der Waals surface area contributed by atoms with Crippen LogP contribution in [0.1, 0.15) is 16.7 Å². The number of sulfonamides is 1. The molecule has 0 fully saturated rings. The van der Waals surface area contributed by atoms with Crippen molar-refractivity contribution in [2.75, 3.05) is 18.0 Å². The van der Waals surface area contributed by atoms with Crippen LogP contribution in [0.15, 0.2) is 107 Å². The van der Waals surface area contributed by atoms with Gasteiger partial charge in [0.1, 0.15) is 24.7 Å². The Bertz CT molecular complexity index is 1580. The molecule has 0 spiro atoms. The highest BCUT2D eigenvalue weighted by molar-refractivity contribution is 7.92. The molecule has 8 nitrogen and oxygen atoms in total. The highest BCUT2D eigenvalue weighted by Crippen LogP contribution is 2.34. The van der Waals surface area contributed by atoms with Gasteiger partial charge in [0.2, 0.25) is 0 Å². The van der Waals surface area contributed by atoms with E-state index in [1.165, 1.54) is 31.5 Å². The fraction of sp³-hybridized carbons (Fsp3) is 0.133. The van der Waals surface area contributed by atoms with E-state index in [2.05, 4.69) is 10.5 Å². The number of rotatable bonds is 11. The molecule has 0 unspecified atom stereocenters. The SMILES string of the molecule is COc1ccc(Cl)cc1N(CC(=O)N/N=C\c1ccc(OCc2ccccc2)cc1)S(=O)(=O)c1ccc(C)cc1. The van der Waals surface area contributed by atoms with Crippen LogP contribution in [-0.2, 0) is 21.4 Å². The topological polar surface area (TPSA) is 97.3 Å². The second kappa shape index (κ2) is 13.1. The molecule has 10 heteroatoms. The number of aryl methyl sites for hydroxylation is 1. The van der Waals surface area contributed by atoms with Crippen molar-refractivity contribution in [3.05, 3.63) is 119 Å². The molecule has 1 N–H and O–H groups in total. The normalized spacial score (nSPS) is 11.3. The van der Waals surface area contributed by atoms with Crippen molar-refractivity contribution >= 4 is 39.4 Å². The number of hydrogen-bond donors (Lipinski definition) is 1. The summed E-state index contributed by atoms with van der Waals surface area (Å²) in [5.41, 5.74) is 5.20.